The van der Waals surface area contributed by atoms with Gasteiger partial charge in [0, 0.05) is 17.3 Å². The Morgan fingerprint density at radius 1 is 1.19 bits per heavy atom. The quantitative estimate of drug-likeness (QED) is 0.407. The zero-order chi connectivity index (χ0) is 14.5. The molecule has 0 saturated heterocycles. The van der Waals surface area contributed by atoms with Crippen molar-refractivity contribution in [1.82, 2.24) is 19.5 Å². The smallest absolute Gasteiger partial charge is 0.202 e. The van der Waals surface area contributed by atoms with Gasteiger partial charge in [-0.3, -0.25) is 4.57 Å². The lowest BCUT2D eigenvalue weighted by Crippen LogP contribution is -2.03. The van der Waals surface area contributed by atoms with Crippen LogP contribution in [-0.2, 0) is 18.1 Å². The van der Waals surface area contributed by atoms with Crippen LogP contribution in [-0.4, -0.2) is 19.5 Å². The number of hydrogen-bond donors (Lipinski definition) is 0. The van der Waals surface area contributed by atoms with E-state index in [1.54, 1.807) is 10.8 Å². The first-order chi connectivity index (χ1) is 10.4. The summed E-state index contributed by atoms with van der Waals surface area (Å²) < 4.78 is 7.22. The van der Waals surface area contributed by atoms with Gasteiger partial charge in [0.1, 0.15) is 6.73 Å². The number of azide groups is 1. The minimum absolute atomic E-state index is 0.179. The standard InChI is InChI=1S/C13H11N7O/c14-19-18-13-17-11-12(16-7-6-15-11)20(13)9-21-8-10-4-2-1-3-5-10/h1-7H,8-9H2. The second-order valence-electron chi connectivity index (χ2n) is 4.20. The summed E-state index contributed by atoms with van der Waals surface area (Å²) in [5.74, 6) is 0.187. The van der Waals surface area contributed by atoms with E-state index in [4.69, 9.17) is 10.3 Å². The van der Waals surface area contributed by atoms with E-state index >= 15 is 0 Å². The molecule has 8 heteroatoms. The Kier molecular flexibility index (Phi) is 3.72. The Morgan fingerprint density at radius 3 is 2.81 bits per heavy atom. The average Bonchev–Trinajstić information content (AvgIpc) is 2.87. The third kappa shape index (κ3) is 2.81. The van der Waals surface area contributed by atoms with Crippen molar-refractivity contribution in [2.24, 2.45) is 5.11 Å². The molecule has 0 atom stereocenters. The largest absolute Gasteiger partial charge is 0.356 e. The Morgan fingerprint density at radius 2 is 2.00 bits per heavy atom. The third-order valence-corrected chi connectivity index (χ3v) is 2.83. The Hall–Kier alpha value is -2.96. The van der Waals surface area contributed by atoms with Crippen molar-refractivity contribution in [3.63, 3.8) is 0 Å². The van der Waals surface area contributed by atoms with Crippen LogP contribution in [0.5, 0.6) is 0 Å². The maximum absolute atomic E-state index is 8.60. The molecule has 2 aromatic heterocycles. The minimum atomic E-state index is 0.179. The van der Waals surface area contributed by atoms with Crippen LogP contribution in [0.25, 0.3) is 21.7 Å². The molecule has 0 N–H and O–H groups in total. The number of benzene rings is 1. The van der Waals surface area contributed by atoms with E-state index in [1.165, 1.54) is 6.20 Å². The first-order valence-electron chi connectivity index (χ1n) is 6.22. The van der Waals surface area contributed by atoms with Gasteiger partial charge in [-0.25, -0.2) is 15.0 Å². The molecule has 2 heterocycles. The van der Waals surface area contributed by atoms with Gasteiger partial charge in [0.25, 0.3) is 0 Å². The lowest BCUT2D eigenvalue weighted by atomic mass is 10.2. The van der Waals surface area contributed by atoms with Gasteiger partial charge in [0.2, 0.25) is 5.95 Å². The fraction of sp³-hybridized carbons (Fsp3) is 0.154. The van der Waals surface area contributed by atoms with Crippen LogP contribution < -0.4 is 0 Å². The first-order valence-corrected chi connectivity index (χ1v) is 6.22. The van der Waals surface area contributed by atoms with E-state index in [1.807, 2.05) is 30.3 Å². The minimum Gasteiger partial charge on any atom is -0.356 e. The van der Waals surface area contributed by atoms with Crippen molar-refractivity contribution in [2.75, 3.05) is 0 Å². The predicted octanol–water partition coefficient (Wildman–Crippen LogP) is 2.94. The molecular weight excluding hydrogens is 270 g/mol. The summed E-state index contributed by atoms with van der Waals surface area (Å²) in [5, 5.41) is 3.54. The van der Waals surface area contributed by atoms with Crippen LogP contribution in [0.1, 0.15) is 5.56 Å². The summed E-state index contributed by atoms with van der Waals surface area (Å²) in [4.78, 5) is 15.1. The average molecular weight is 281 g/mol. The van der Waals surface area contributed by atoms with Crippen molar-refractivity contribution in [1.29, 1.82) is 0 Å². The van der Waals surface area contributed by atoms with Gasteiger partial charge in [0.15, 0.2) is 11.3 Å². The van der Waals surface area contributed by atoms with E-state index in [-0.39, 0.29) is 12.7 Å². The maximum Gasteiger partial charge on any atom is 0.202 e. The molecule has 0 saturated carbocycles. The molecule has 104 valence electrons. The van der Waals surface area contributed by atoms with Crippen molar-refractivity contribution < 1.29 is 4.74 Å². The van der Waals surface area contributed by atoms with E-state index in [9.17, 15) is 0 Å². The zero-order valence-electron chi connectivity index (χ0n) is 11.0. The summed E-state index contributed by atoms with van der Waals surface area (Å²) in [6, 6.07) is 9.78. The molecule has 0 aliphatic heterocycles. The zero-order valence-corrected chi connectivity index (χ0v) is 11.0. The molecule has 21 heavy (non-hydrogen) atoms. The summed E-state index contributed by atoms with van der Waals surface area (Å²) in [5.41, 5.74) is 10.6. The number of imidazole rings is 1. The molecule has 0 amide bonds. The maximum atomic E-state index is 8.60. The van der Waals surface area contributed by atoms with E-state index in [0.717, 1.165) is 5.56 Å². The Balaban J connectivity index is 1.82. The SMILES string of the molecule is [N-]=[N+]=Nc1nc2nccnc2n1COCc1ccccc1. The summed E-state index contributed by atoms with van der Waals surface area (Å²) >= 11 is 0. The second kappa shape index (κ2) is 6.00. The molecule has 0 fully saturated rings. The molecule has 0 aliphatic carbocycles. The second-order valence-corrected chi connectivity index (χ2v) is 4.20. The van der Waals surface area contributed by atoms with Gasteiger partial charge in [0.05, 0.1) is 6.61 Å². The van der Waals surface area contributed by atoms with Crippen LogP contribution in [0.15, 0.2) is 47.8 Å². The van der Waals surface area contributed by atoms with Crippen LogP contribution in [0.3, 0.4) is 0 Å². The van der Waals surface area contributed by atoms with E-state index < -0.39 is 0 Å². The lowest BCUT2D eigenvalue weighted by molar-refractivity contribution is 0.0671. The van der Waals surface area contributed by atoms with Crippen molar-refractivity contribution >= 4 is 17.2 Å². The molecule has 1 aromatic carbocycles. The number of ether oxygens (including phenoxy) is 1. The first kappa shape index (κ1) is 13.0. The lowest BCUT2D eigenvalue weighted by Gasteiger charge is -2.07. The Labute approximate surface area is 119 Å². The molecule has 8 nitrogen and oxygen atoms in total. The van der Waals surface area contributed by atoms with Gasteiger partial charge >= 0.3 is 0 Å². The number of rotatable bonds is 5. The topological polar surface area (TPSA) is 102 Å². The molecular formula is C13H11N7O. The molecule has 0 bridgehead atoms. The molecule has 0 spiro atoms. The predicted molar refractivity (Wildman–Crippen MR) is 75.4 cm³/mol. The Bertz CT molecular complexity index is 793. The van der Waals surface area contributed by atoms with Crippen LogP contribution in [0.4, 0.5) is 5.95 Å². The van der Waals surface area contributed by atoms with Crippen molar-refractivity contribution in [3.8, 4) is 0 Å². The monoisotopic (exact) mass is 281 g/mol. The molecule has 0 unspecified atom stereocenters. The third-order valence-electron chi connectivity index (χ3n) is 2.83. The highest BCUT2D eigenvalue weighted by atomic mass is 16.5. The van der Waals surface area contributed by atoms with Crippen LogP contribution in [0.2, 0.25) is 0 Å². The number of nitrogens with zero attached hydrogens (tertiary/aromatic N) is 7. The number of hydrogen-bond acceptors (Lipinski definition) is 5. The summed E-state index contributed by atoms with van der Waals surface area (Å²) in [6.07, 6.45) is 3.09. The fourth-order valence-corrected chi connectivity index (χ4v) is 1.91. The normalized spacial score (nSPS) is 10.5. The van der Waals surface area contributed by atoms with E-state index in [2.05, 4.69) is 25.0 Å². The van der Waals surface area contributed by atoms with Crippen molar-refractivity contribution in [2.45, 2.75) is 13.3 Å². The van der Waals surface area contributed by atoms with Gasteiger partial charge in [-0.1, -0.05) is 30.3 Å². The highest BCUT2D eigenvalue weighted by Crippen LogP contribution is 2.18. The van der Waals surface area contributed by atoms with Gasteiger partial charge in [-0.15, -0.1) is 0 Å². The highest BCUT2D eigenvalue weighted by Gasteiger charge is 2.11. The van der Waals surface area contributed by atoms with E-state index in [0.29, 0.717) is 17.9 Å². The molecule has 0 aliphatic rings. The van der Waals surface area contributed by atoms with Crippen molar-refractivity contribution in [3.05, 3.63) is 58.7 Å². The summed E-state index contributed by atoms with van der Waals surface area (Å²) in [6.45, 7) is 0.620. The number of aromatic nitrogens is 4. The fourth-order valence-electron chi connectivity index (χ4n) is 1.91. The molecule has 3 rings (SSSR count). The number of fused-ring (bicyclic) bond motifs is 1. The van der Waals surface area contributed by atoms with Gasteiger partial charge in [-0.2, -0.15) is 0 Å². The van der Waals surface area contributed by atoms with Crippen LogP contribution in [0, 0.1) is 0 Å². The molecule has 3 aromatic rings. The van der Waals surface area contributed by atoms with Gasteiger partial charge < -0.3 is 4.74 Å². The highest BCUT2D eigenvalue weighted by molar-refractivity contribution is 5.68. The van der Waals surface area contributed by atoms with Gasteiger partial charge in [-0.05, 0) is 16.2 Å². The molecule has 0 radical (unpaired) electrons. The van der Waals surface area contributed by atoms with Crippen LogP contribution >= 0.6 is 0 Å². The summed E-state index contributed by atoms with van der Waals surface area (Å²) in [7, 11) is 0.